The van der Waals surface area contributed by atoms with Crippen LogP contribution in [-0.4, -0.2) is 44.5 Å². The van der Waals surface area contributed by atoms with Gasteiger partial charge in [0, 0.05) is 43.2 Å². The van der Waals surface area contributed by atoms with Gasteiger partial charge in [0.05, 0.1) is 12.7 Å². The van der Waals surface area contributed by atoms with Crippen LogP contribution in [0.15, 0.2) is 42.9 Å². The van der Waals surface area contributed by atoms with E-state index >= 15 is 0 Å². The molecular weight excluding hydrogens is 390 g/mol. The zero-order valence-electron chi connectivity index (χ0n) is 16.3. The van der Waals surface area contributed by atoms with Gasteiger partial charge in [-0.25, -0.2) is 4.98 Å². The van der Waals surface area contributed by atoms with Crippen LogP contribution in [0.1, 0.15) is 19.3 Å². The monoisotopic (exact) mass is 413 g/mol. The maximum atomic E-state index is 12.3. The average molecular weight is 414 g/mol. The Morgan fingerprint density at radius 3 is 2.83 bits per heavy atom. The van der Waals surface area contributed by atoms with E-state index in [1.165, 1.54) is 0 Å². The van der Waals surface area contributed by atoms with Crippen LogP contribution in [0.2, 0.25) is 5.02 Å². The molecule has 1 aliphatic heterocycles. The van der Waals surface area contributed by atoms with Crippen LogP contribution >= 0.6 is 11.6 Å². The predicted molar refractivity (Wildman–Crippen MR) is 111 cm³/mol. The van der Waals surface area contributed by atoms with Crippen molar-refractivity contribution < 1.29 is 9.53 Å². The van der Waals surface area contributed by atoms with Crippen LogP contribution in [0.4, 0.5) is 0 Å². The van der Waals surface area contributed by atoms with Crippen LogP contribution in [0, 0.1) is 0 Å². The molecule has 0 aliphatic carbocycles. The summed E-state index contributed by atoms with van der Waals surface area (Å²) in [4.78, 5) is 16.8. The third-order valence-electron chi connectivity index (χ3n) is 5.12. The van der Waals surface area contributed by atoms with Crippen molar-refractivity contribution in [3.8, 4) is 22.6 Å². The summed E-state index contributed by atoms with van der Waals surface area (Å²) in [6.45, 7) is 1.66. The van der Waals surface area contributed by atoms with Crippen molar-refractivity contribution in [2.75, 3.05) is 13.2 Å². The molecule has 0 bridgehead atoms. The minimum Gasteiger partial charge on any atom is -0.368 e. The highest BCUT2D eigenvalue weighted by atomic mass is 35.5. The summed E-state index contributed by atoms with van der Waals surface area (Å²) in [7, 11) is 1.95. The fourth-order valence-corrected chi connectivity index (χ4v) is 3.70. The van der Waals surface area contributed by atoms with Gasteiger partial charge in [-0.3, -0.25) is 9.48 Å². The number of hydrogen-bond acceptors (Lipinski definition) is 4. The van der Waals surface area contributed by atoms with Gasteiger partial charge in [-0.1, -0.05) is 23.7 Å². The van der Waals surface area contributed by atoms with E-state index in [0.717, 1.165) is 41.9 Å². The lowest BCUT2D eigenvalue weighted by Gasteiger charge is -2.21. The largest absolute Gasteiger partial charge is 0.368 e. The third kappa shape index (κ3) is 4.36. The van der Waals surface area contributed by atoms with Crippen molar-refractivity contribution in [3.63, 3.8) is 0 Å². The number of carbonyl (C=O) groups is 1. The van der Waals surface area contributed by atoms with Crippen LogP contribution < -0.4 is 5.32 Å². The molecule has 0 saturated carbocycles. The average Bonchev–Trinajstić information content (AvgIpc) is 3.35. The molecule has 1 saturated heterocycles. The number of rotatable bonds is 6. The second-order valence-electron chi connectivity index (χ2n) is 7.14. The molecule has 29 heavy (non-hydrogen) atoms. The Balaban J connectivity index is 1.54. The molecule has 3 heterocycles. The number of aromatic nitrogens is 4. The van der Waals surface area contributed by atoms with Crippen molar-refractivity contribution in [1.82, 2.24) is 24.6 Å². The number of benzene rings is 1. The molecule has 2 aromatic heterocycles. The van der Waals surface area contributed by atoms with E-state index in [0.29, 0.717) is 24.7 Å². The van der Waals surface area contributed by atoms with Crippen LogP contribution in [0.25, 0.3) is 22.6 Å². The van der Waals surface area contributed by atoms with E-state index < -0.39 is 0 Å². The maximum absolute atomic E-state index is 12.3. The Morgan fingerprint density at radius 2 is 2.14 bits per heavy atom. The molecule has 3 aromatic rings. The first-order valence-corrected chi connectivity index (χ1v) is 10.2. The lowest BCUT2D eigenvalue weighted by atomic mass is 10.1. The predicted octanol–water partition coefficient (Wildman–Crippen LogP) is 3.29. The molecule has 1 fully saturated rings. The first-order chi connectivity index (χ1) is 14.1. The van der Waals surface area contributed by atoms with Crippen molar-refractivity contribution in [1.29, 1.82) is 0 Å². The van der Waals surface area contributed by atoms with Crippen molar-refractivity contribution >= 4 is 17.5 Å². The van der Waals surface area contributed by atoms with Gasteiger partial charge >= 0.3 is 0 Å². The van der Waals surface area contributed by atoms with E-state index in [4.69, 9.17) is 16.3 Å². The molecule has 0 spiro atoms. The molecule has 4 rings (SSSR count). The molecule has 152 valence electrons. The number of aryl methyl sites for hydroxylation is 1. The van der Waals surface area contributed by atoms with E-state index in [1.807, 2.05) is 53.0 Å². The summed E-state index contributed by atoms with van der Waals surface area (Å²) in [5.74, 6) is 0.766. The lowest BCUT2D eigenvalue weighted by Crippen LogP contribution is -2.39. The van der Waals surface area contributed by atoms with Crippen LogP contribution in [0.5, 0.6) is 0 Å². The first kappa shape index (κ1) is 19.7. The number of ether oxygens (including phenoxy) is 1. The summed E-state index contributed by atoms with van der Waals surface area (Å²) in [5.41, 5.74) is 2.89. The normalized spacial score (nSPS) is 16.7. The molecule has 1 aromatic carbocycles. The molecule has 0 radical (unpaired) electrons. The molecule has 1 unspecified atom stereocenters. The zero-order chi connectivity index (χ0) is 20.2. The molecule has 1 atom stereocenters. The van der Waals surface area contributed by atoms with E-state index in [9.17, 15) is 4.79 Å². The van der Waals surface area contributed by atoms with Gasteiger partial charge in [0.25, 0.3) is 0 Å². The first-order valence-electron chi connectivity index (χ1n) is 9.82. The topological polar surface area (TPSA) is 74.0 Å². The summed E-state index contributed by atoms with van der Waals surface area (Å²) in [6, 6.07) is 7.66. The van der Waals surface area contributed by atoms with Crippen molar-refractivity contribution in [2.24, 2.45) is 7.05 Å². The van der Waals surface area contributed by atoms with Crippen molar-refractivity contribution in [3.05, 3.63) is 47.9 Å². The summed E-state index contributed by atoms with van der Waals surface area (Å²) in [6.07, 6.45) is 8.01. The quantitative estimate of drug-likeness (QED) is 0.673. The fourth-order valence-electron chi connectivity index (χ4n) is 3.57. The summed E-state index contributed by atoms with van der Waals surface area (Å²) < 4.78 is 9.40. The number of imidazole rings is 1. The molecule has 1 amide bonds. The highest BCUT2D eigenvalue weighted by Crippen LogP contribution is 2.31. The van der Waals surface area contributed by atoms with Crippen LogP contribution in [-0.2, 0) is 23.1 Å². The smallest absolute Gasteiger partial charge is 0.249 e. The van der Waals surface area contributed by atoms with Gasteiger partial charge < -0.3 is 14.6 Å². The van der Waals surface area contributed by atoms with Crippen LogP contribution in [0.3, 0.4) is 0 Å². The maximum Gasteiger partial charge on any atom is 0.249 e. The Labute approximate surface area is 174 Å². The molecule has 1 N–H and O–H groups in total. The number of amides is 1. The number of nitrogens with one attached hydrogen (secondary N) is 1. The molecule has 1 aliphatic rings. The van der Waals surface area contributed by atoms with Gasteiger partial charge in [-0.2, -0.15) is 5.10 Å². The molecule has 8 heteroatoms. The van der Waals surface area contributed by atoms with Gasteiger partial charge in [-0.05, 0) is 37.0 Å². The summed E-state index contributed by atoms with van der Waals surface area (Å²) in [5, 5.41) is 8.23. The molecule has 7 nitrogen and oxygen atoms in total. The van der Waals surface area contributed by atoms with Gasteiger partial charge in [-0.15, -0.1) is 0 Å². The highest BCUT2D eigenvalue weighted by Gasteiger charge is 2.22. The summed E-state index contributed by atoms with van der Waals surface area (Å²) >= 11 is 6.04. The number of halogens is 1. The third-order valence-corrected chi connectivity index (χ3v) is 5.37. The number of carbonyl (C=O) groups excluding carboxylic acids is 1. The Hall–Kier alpha value is -2.64. The van der Waals surface area contributed by atoms with Gasteiger partial charge in [0.15, 0.2) is 5.82 Å². The molecular formula is C21H24ClN5O2. The van der Waals surface area contributed by atoms with Gasteiger partial charge in [0.1, 0.15) is 11.8 Å². The lowest BCUT2D eigenvalue weighted by molar-refractivity contribution is -0.135. The number of nitrogens with zero attached hydrogens (tertiary/aromatic N) is 4. The second kappa shape index (κ2) is 8.80. The standard InChI is InChI=1S/C21H24ClN5O2/c1-26-11-9-23-20(26)19-17(15-5-7-16(22)8-6-15)14-25-27(19)12-10-24-21(28)18-4-2-3-13-29-18/h5-9,11,14,18H,2-4,10,12-13H2,1H3,(H,24,28). The Kier molecular flexibility index (Phi) is 5.97. The fraction of sp³-hybridized carbons (Fsp3) is 0.381. The Bertz CT molecular complexity index is 973. The van der Waals surface area contributed by atoms with Crippen molar-refractivity contribution in [2.45, 2.75) is 31.9 Å². The van der Waals surface area contributed by atoms with E-state index in [2.05, 4.69) is 15.4 Å². The number of hydrogen-bond donors (Lipinski definition) is 1. The second-order valence-corrected chi connectivity index (χ2v) is 7.58. The van der Waals surface area contributed by atoms with Gasteiger partial charge in [0.2, 0.25) is 5.91 Å². The van der Waals surface area contributed by atoms with E-state index in [1.54, 1.807) is 6.20 Å². The highest BCUT2D eigenvalue weighted by molar-refractivity contribution is 6.30. The zero-order valence-corrected chi connectivity index (χ0v) is 17.1. The minimum absolute atomic E-state index is 0.0478. The SMILES string of the molecule is Cn1ccnc1-c1c(-c2ccc(Cl)cc2)cnn1CCNC(=O)C1CCCCO1. The Morgan fingerprint density at radius 1 is 1.31 bits per heavy atom. The minimum atomic E-state index is -0.333. The van der Waals surface area contributed by atoms with E-state index in [-0.39, 0.29) is 12.0 Å².